The van der Waals surface area contributed by atoms with E-state index in [0.29, 0.717) is 11.0 Å². The molecule has 1 heterocycles. The molecule has 0 spiro atoms. The Bertz CT molecular complexity index is 301. The van der Waals surface area contributed by atoms with Gasteiger partial charge in [0.25, 0.3) is 0 Å². The van der Waals surface area contributed by atoms with Crippen LogP contribution in [0.4, 0.5) is 0 Å². The molecule has 2 nitrogen and oxygen atoms in total. The first-order valence-electron chi connectivity index (χ1n) is 8.98. The van der Waals surface area contributed by atoms with Crippen LogP contribution >= 0.6 is 0 Å². The van der Waals surface area contributed by atoms with E-state index >= 15 is 0 Å². The maximum Gasteiger partial charge on any atom is 0.0359 e. The molecule has 1 aliphatic heterocycles. The molecule has 0 radical (unpaired) electrons. The first-order valence-corrected chi connectivity index (χ1v) is 8.98. The molecule has 2 rings (SSSR count). The first-order chi connectivity index (χ1) is 9.53. The summed E-state index contributed by atoms with van der Waals surface area (Å²) in [6, 6.07) is 0. The second-order valence-corrected chi connectivity index (χ2v) is 7.66. The molecule has 1 saturated carbocycles. The smallest absolute Gasteiger partial charge is 0.0359 e. The highest BCUT2D eigenvalue weighted by Crippen LogP contribution is 2.45. The van der Waals surface area contributed by atoms with Crippen molar-refractivity contribution in [1.82, 2.24) is 4.90 Å². The Morgan fingerprint density at radius 2 is 1.65 bits per heavy atom. The molecule has 0 amide bonds. The lowest BCUT2D eigenvalue weighted by Crippen LogP contribution is -2.63. The van der Waals surface area contributed by atoms with Crippen molar-refractivity contribution in [3.8, 4) is 0 Å². The van der Waals surface area contributed by atoms with Gasteiger partial charge in [-0.1, -0.05) is 53.4 Å². The molecule has 20 heavy (non-hydrogen) atoms. The van der Waals surface area contributed by atoms with Crippen LogP contribution < -0.4 is 5.73 Å². The van der Waals surface area contributed by atoms with Gasteiger partial charge in [0.15, 0.2) is 0 Å². The van der Waals surface area contributed by atoms with Gasteiger partial charge >= 0.3 is 0 Å². The number of nitrogens with zero attached hydrogens (tertiary/aromatic N) is 1. The highest BCUT2D eigenvalue weighted by molar-refractivity contribution is 5.02. The van der Waals surface area contributed by atoms with Gasteiger partial charge in [-0.05, 0) is 49.6 Å². The Morgan fingerprint density at radius 3 is 2.15 bits per heavy atom. The summed E-state index contributed by atoms with van der Waals surface area (Å²) < 4.78 is 0. The van der Waals surface area contributed by atoms with E-state index in [4.69, 9.17) is 5.73 Å². The van der Waals surface area contributed by atoms with Crippen LogP contribution in [0.15, 0.2) is 0 Å². The molecule has 0 aromatic carbocycles. The van der Waals surface area contributed by atoms with E-state index in [9.17, 15) is 0 Å². The molecular formula is C18H36N2. The highest BCUT2D eigenvalue weighted by Gasteiger charge is 2.47. The summed E-state index contributed by atoms with van der Waals surface area (Å²) in [5, 5.41) is 0. The molecule has 2 fully saturated rings. The zero-order valence-electron chi connectivity index (χ0n) is 14.3. The fraction of sp³-hybridized carbons (Fsp3) is 1.00. The molecule has 2 aliphatic rings. The van der Waals surface area contributed by atoms with E-state index in [2.05, 4.69) is 32.6 Å². The minimum absolute atomic E-state index is 0.297. The lowest BCUT2D eigenvalue weighted by atomic mass is 9.65. The van der Waals surface area contributed by atoms with Crippen molar-refractivity contribution >= 4 is 0 Å². The standard InChI is InChI=1S/C18H36N2/c1-5-17(6-2)10-12-20(13-11-17)18(14-19)9-7-8-15(3)16(18)4/h15-16H,5-14,19H2,1-4H3. The largest absolute Gasteiger partial charge is 0.329 e. The van der Waals surface area contributed by atoms with E-state index < -0.39 is 0 Å². The molecule has 1 aliphatic carbocycles. The summed E-state index contributed by atoms with van der Waals surface area (Å²) in [6.07, 6.45) is 9.53. The average molecular weight is 280 g/mol. The third-order valence-corrected chi connectivity index (χ3v) is 7.28. The second kappa shape index (κ2) is 6.36. The number of hydrogen-bond acceptors (Lipinski definition) is 2. The molecule has 0 aromatic heterocycles. The molecule has 0 bridgehead atoms. The van der Waals surface area contributed by atoms with Gasteiger partial charge in [-0.2, -0.15) is 0 Å². The summed E-state index contributed by atoms with van der Waals surface area (Å²) in [4.78, 5) is 2.79. The Labute approximate surface area is 126 Å². The van der Waals surface area contributed by atoms with Gasteiger partial charge in [-0.25, -0.2) is 0 Å². The summed E-state index contributed by atoms with van der Waals surface area (Å²) in [5.41, 5.74) is 7.23. The number of nitrogens with two attached hydrogens (primary N) is 1. The highest BCUT2D eigenvalue weighted by atomic mass is 15.2. The summed E-state index contributed by atoms with van der Waals surface area (Å²) in [6.45, 7) is 13.0. The predicted molar refractivity (Wildman–Crippen MR) is 87.8 cm³/mol. The third-order valence-electron chi connectivity index (χ3n) is 7.28. The molecule has 2 heteroatoms. The lowest BCUT2D eigenvalue weighted by molar-refractivity contribution is -0.0474. The van der Waals surface area contributed by atoms with Crippen LogP contribution in [-0.2, 0) is 0 Å². The normalized spacial score (nSPS) is 38.9. The first kappa shape index (κ1) is 16.3. The van der Waals surface area contributed by atoms with Crippen LogP contribution in [0.25, 0.3) is 0 Å². The maximum absolute atomic E-state index is 6.31. The topological polar surface area (TPSA) is 29.3 Å². The van der Waals surface area contributed by atoms with Crippen LogP contribution in [-0.4, -0.2) is 30.1 Å². The number of rotatable bonds is 4. The summed E-state index contributed by atoms with van der Waals surface area (Å²) in [7, 11) is 0. The SMILES string of the molecule is CCC1(CC)CCN(C2(CN)CCCC(C)C2C)CC1. The fourth-order valence-electron chi connectivity index (χ4n) is 4.98. The number of hydrogen-bond donors (Lipinski definition) is 1. The van der Waals surface area contributed by atoms with Crippen molar-refractivity contribution in [3.05, 3.63) is 0 Å². The Morgan fingerprint density at radius 1 is 1.05 bits per heavy atom. The predicted octanol–water partition coefficient (Wildman–Crippen LogP) is 4.04. The van der Waals surface area contributed by atoms with Crippen molar-refractivity contribution in [1.29, 1.82) is 0 Å². The van der Waals surface area contributed by atoms with Gasteiger partial charge in [-0.15, -0.1) is 0 Å². The minimum Gasteiger partial charge on any atom is -0.329 e. The molecular weight excluding hydrogens is 244 g/mol. The summed E-state index contributed by atoms with van der Waals surface area (Å²) in [5.74, 6) is 1.58. The summed E-state index contributed by atoms with van der Waals surface area (Å²) >= 11 is 0. The van der Waals surface area contributed by atoms with Crippen molar-refractivity contribution < 1.29 is 0 Å². The Kier molecular flexibility index (Phi) is 5.18. The van der Waals surface area contributed by atoms with E-state index in [0.717, 1.165) is 18.4 Å². The monoisotopic (exact) mass is 280 g/mol. The maximum atomic E-state index is 6.31. The van der Waals surface area contributed by atoms with E-state index in [1.165, 1.54) is 58.0 Å². The van der Waals surface area contributed by atoms with Crippen molar-refractivity contribution in [2.75, 3.05) is 19.6 Å². The van der Waals surface area contributed by atoms with Crippen LogP contribution in [0, 0.1) is 17.3 Å². The van der Waals surface area contributed by atoms with Crippen LogP contribution in [0.1, 0.15) is 72.6 Å². The van der Waals surface area contributed by atoms with Crippen LogP contribution in [0.2, 0.25) is 0 Å². The van der Waals surface area contributed by atoms with E-state index in [1.807, 2.05) is 0 Å². The fourth-order valence-corrected chi connectivity index (χ4v) is 4.98. The van der Waals surface area contributed by atoms with Crippen molar-refractivity contribution in [2.45, 2.75) is 78.2 Å². The molecule has 1 saturated heterocycles. The van der Waals surface area contributed by atoms with Crippen LogP contribution in [0.3, 0.4) is 0 Å². The molecule has 2 N–H and O–H groups in total. The van der Waals surface area contributed by atoms with Gasteiger partial charge in [0.2, 0.25) is 0 Å². The Balaban J connectivity index is 2.10. The van der Waals surface area contributed by atoms with Crippen LogP contribution in [0.5, 0.6) is 0 Å². The van der Waals surface area contributed by atoms with E-state index in [-0.39, 0.29) is 0 Å². The molecule has 118 valence electrons. The van der Waals surface area contributed by atoms with Crippen molar-refractivity contribution in [2.24, 2.45) is 23.0 Å². The minimum atomic E-state index is 0.297. The molecule has 3 unspecified atom stereocenters. The van der Waals surface area contributed by atoms with Gasteiger partial charge in [0.1, 0.15) is 0 Å². The van der Waals surface area contributed by atoms with E-state index in [1.54, 1.807) is 0 Å². The zero-order chi connectivity index (χ0) is 14.8. The zero-order valence-corrected chi connectivity index (χ0v) is 14.3. The number of likely N-dealkylation sites (tertiary alicyclic amines) is 1. The Hall–Kier alpha value is -0.0800. The molecule has 0 aromatic rings. The third kappa shape index (κ3) is 2.66. The number of piperidine rings is 1. The average Bonchev–Trinajstić information content (AvgIpc) is 2.50. The second-order valence-electron chi connectivity index (χ2n) is 7.66. The lowest BCUT2D eigenvalue weighted by Gasteiger charge is -2.55. The van der Waals surface area contributed by atoms with Gasteiger partial charge < -0.3 is 5.73 Å². The van der Waals surface area contributed by atoms with Gasteiger partial charge in [0.05, 0.1) is 0 Å². The quantitative estimate of drug-likeness (QED) is 0.842. The van der Waals surface area contributed by atoms with Gasteiger partial charge in [0, 0.05) is 12.1 Å². The van der Waals surface area contributed by atoms with Crippen molar-refractivity contribution in [3.63, 3.8) is 0 Å². The van der Waals surface area contributed by atoms with Gasteiger partial charge in [-0.3, -0.25) is 4.90 Å². The molecule has 3 atom stereocenters.